The van der Waals surface area contributed by atoms with Crippen molar-refractivity contribution in [1.29, 1.82) is 0 Å². The maximum absolute atomic E-state index is 13.8. The number of rotatable bonds is 10. The molecule has 0 aliphatic heterocycles. The Bertz CT molecular complexity index is 1310. The summed E-state index contributed by atoms with van der Waals surface area (Å²) >= 11 is 0. The first kappa shape index (κ1) is 26.5. The second-order valence-electron chi connectivity index (χ2n) is 8.82. The molecule has 9 heteroatoms. The first-order valence-corrected chi connectivity index (χ1v) is 13.7. The van der Waals surface area contributed by atoms with Crippen LogP contribution < -0.4 is 19.5 Å². The van der Waals surface area contributed by atoms with E-state index in [9.17, 15) is 13.2 Å². The summed E-state index contributed by atoms with van der Waals surface area (Å²) in [5.74, 6) is 1.39. The monoisotopic (exact) mass is 524 g/mol. The van der Waals surface area contributed by atoms with E-state index in [2.05, 4.69) is 5.32 Å². The third-order valence-electron chi connectivity index (χ3n) is 6.38. The summed E-state index contributed by atoms with van der Waals surface area (Å²) in [5, 5.41) is 2.85. The smallest absolute Gasteiger partial charge is 0.243 e. The number of hydrogen-bond donors (Lipinski definition) is 1. The Morgan fingerprint density at radius 2 is 1.54 bits per heavy atom. The Balaban J connectivity index is 1.59. The van der Waals surface area contributed by atoms with Gasteiger partial charge in [-0.05, 0) is 49.2 Å². The third-order valence-corrected chi connectivity index (χ3v) is 8.27. The molecule has 3 aromatic rings. The quantitative estimate of drug-likeness (QED) is 0.379. The van der Waals surface area contributed by atoms with Crippen molar-refractivity contribution in [2.75, 3.05) is 26.1 Å². The minimum atomic E-state index is -4.00. The SMILES string of the molecule is COc1ccc(S(=O)(=O)N(CC(=O)Nc2ccccc2Oc2ccccc2)C2CCCCC2)cc1OC. The molecule has 0 saturated heterocycles. The fourth-order valence-corrected chi connectivity index (χ4v) is 6.15. The van der Waals surface area contributed by atoms with Crippen molar-refractivity contribution in [3.05, 3.63) is 72.8 Å². The Kier molecular flexibility index (Phi) is 8.68. The lowest BCUT2D eigenvalue weighted by molar-refractivity contribution is -0.116. The molecule has 1 aliphatic carbocycles. The molecule has 0 unspecified atom stereocenters. The molecule has 3 aromatic carbocycles. The van der Waals surface area contributed by atoms with Crippen molar-refractivity contribution in [3.63, 3.8) is 0 Å². The van der Waals surface area contributed by atoms with E-state index in [1.165, 1.54) is 30.7 Å². The number of carbonyl (C=O) groups is 1. The van der Waals surface area contributed by atoms with Gasteiger partial charge in [-0.15, -0.1) is 0 Å². The standard InChI is InChI=1S/C28H32N2O6S/c1-34-26-18-17-23(19-27(26)35-2)37(32,33)30(21-11-5-3-6-12-21)20-28(31)29-24-15-9-10-16-25(24)36-22-13-7-4-8-14-22/h4,7-10,13-19,21H,3,5-6,11-12,20H2,1-2H3,(H,29,31). The topological polar surface area (TPSA) is 94.2 Å². The molecule has 0 spiro atoms. The number of hydrogen-bond acceptors (Lipinski definition) is 6. The van der Waals surface area contributed by atoms with Gasteiger partial charge >= 0.3 is 0 Å². The van der Waals surface area contributed by atoms with E-state index in [1.54, 1.807) is 24.3 Å². The van der Waals surface area contributed by atoms with Gasteiger partial charge in [-0.2, -0.15) is 4.31 Å². The van der Waals surface area contributed by atoms with Gasteiger partial charge in [-0.3, -0.25) is 4.79 Å². The molecule has 0 bridgehead atoms. The number of ether oxygens (including phenoxy) is 3. The van der Waals surface area contributed by atoms with Crippen LogP contribution in [0.25, 0.3) is 0 Å². The maximum atomic E-state index is 13.8. The van der Waals surface area contributed by atoms with Gasteiger partial charge in [-0.25, -0.2) is 8.42 Å². The summed E-state index contributed by atoms with van der Waals surface area (Å²) in [4.78, 5) is 13.3. The van der Waals surface area contributed by atoms with Crippen molar-refractivity contribution in [2.24, 2.45) is 0 Å². The van der Waals surface area contributed by atoms with E-state index in [-0.39, 0.29) is 17.5 Å². The second kappa shape index (κ2) is 12.1. The predicted molar refractivity (Wildman–Crippen MR) is 142 cm³/mol. The molecule has 1 N–H and O–H groups in total. The largest absolute Gasteiger partial charge is 0.493 e. The summed E-state index contributed by atoms with van der Waals surface area (Å²) in [5.41, 5.74) is 0.462. The lowest BCUT2D eigenvalue weighted by atomic mass is 9.95. The van der Waals surface area contributed by atoms with Crippen LogP contribution in [-0.4, -0.2) is 45.4 Å². The molecule has 1 amide bonds. The molecule has 1 aliphatic rings. The third kappa shape index (κ3) is 6.42. The number of methoxy groups -OCH3 is 2. The number of nitrogens with zero attached hydrogens (tertiary/aromatic N) is 1. The van der Waals surface area contributed by atoms with Crippen LogP contribution in [0.5, 0.6) is 23.0 Å². The molecule has 0 aromatic heterocycles. The molecule has 1 saturated carbocycles. The van der Waals surface area contributed by atoms with Crippen LogP contribution in [0.2, 0.25) is 0 Å². The van der Waals surface area contributed by atoms with Crippen LogP contribution in [-0.2, 0) is 14.8 Å². The zero-order valence-electron chi connectivity index (χ0n) is 21.1. The Labute approximate surface area is 218 Å². The number of carbonyl (C=O) groups excluding carboxylic acids is 1. The summed E-state index contributed by atoms with van der Waals surface area (Å²) < 4.78 is 45.5. The number of amides is 1. The average molecular weight is 525 g/mol. The molecule has 4 rings (SSSR count). The fraction of sp³-hybridized carbons (Fsp3) is 0.321. The molecule has 0 radical (unpaired) electrons. The van der Waals surface area contributed by atoms with E-state index in [4.69, 9.17) is 14.2 Å². The molecule has 8 nitrogen and oxygen atoms in total. The van der Waals surface area contributed by atoms with Gasteiger partial charge in [0.2, 0.25) is 15.9 Å². The van der Waals surface area contributed by atoms with Crippen molar-refractivity contribution < 1.29 is 27.4 Å². The fourth-order valence-electron chi connectivity index (χ4n) is 4.50. The minimum absolute atomic E-state index is 0.0522. The summed E-state index contributed by atoms with van der Waals surface area (Å²) in [7, 11) is -1.05. The van der Waals surface area contributed by atoms with Crippen LogP contribution in [0.15, 0.2) is 77.7 Å². The van der Waals surface area contributed by atoms with Crippen molar-refractivity contribution in [1.82, 2.24) is 4.31 Å². The van der Waals surface area contributed by atoms with E-state index in [1.807, 2.05) is 36.4 Å². The lowest BCUT2D eigenvalue weighted by Crippen LogP contribution is -2.45. The highest BCUT2D eigenvalue weighted by atomic mass is 32.2. The summed E-state index contributed by atoms with van der Waals surface area (Å²) in [6.07, 6.45) is 4.29. The number of sulfonamides is 1. The van der Waals surface area contributed by atoms with Crippen molar-refractivity contribution in [2.45, 2.75) is 43.0 Å². The minimum Gasteiger partial charge on any atom is -0.493 e. The van der Waals surface area contributed by atoms with Gasteiger partial charge in [0, 0.05) is 12.1 Å². The maximum Gasteiger partial charge on any atom is 0.243 e. The van der Waals surface area contributed by atoms with Crippen LogP contribution in [0.4, 0.5) is 5.69 Å². The van der Waals surface area contributed by atoms with Gasteiger partial charge in [0.1, 0.15) is 5.75 Å². The van der Waals surface area contributed by atoms with Crippen molar-refractivity contribution >= 4 is 21.6 Å². The highest BCUT2D eigenvalue weighted by Crippen LogP contribution is 2.34. The number of anilines is 1. The lowest BCUT2D eigenvalue weighted by Gasteiger charge is -2.33. The normalized spacial score (nSPS) is 14.2. The zero-order chi connectivity index (χ0) is 26.3. The highest BCUT2D eigenvalue weighted by molar-refractivity contribution is 7.89. The van der Waals surface area contributed by atoms with E-state index < -0.39 is 15.9 Å². The van der Waals surface area contributed by atoms with Gasteiger partial charge in [0.25, 0.3) is 0 Å². The average Bonchev–Trinajstić information content (AvgIpc) is 2.93. The van der Waals surface area contributed by atoms with Crippen molar-refractivity contribution in [3.8, 4) is 23.0 Å². The molecule has 196 valence electrons. The Morgan fingerprint density at radius 3 is 2.24 bits per heavy atom. The first-order chi connectivity index (χ1) is 17.9. The molecular formula is C28H32N2O6S. The van der Waals surface area contributed by atoms with Crippen LogP contribution in [0.3, 0.4) is 0 Å². The summed E-state index contributed by atoms with van der Waals surface area (Å²) in [6.45, 7) is -0.318. The van der Waals surface area contributed by atoms with E-state index >= 15 is 0 Å². The highest BCUT2D eigenvalue weighted by Gasteiger charge is 2.34. The molecule has 1 fully saturated rings. The van der Waals surface area contributed by atoms with E-state index in [0.717, 1.165) is 19.3 Å². The van der Waals surface area contributed by atoms with Gasteiger partial charge < -0.3 is 19.5 Å². The number of benzene rings is 3. The Morgan fingerprint density at radius 1 is 0.865 bits per heavy atom. The van der Waals surface area contributed by atoms with Crippen LogP contribution in [0.1, 0.15) is 32.1 Å². The zero-order valence-corrected chi connectivity index (χ0v) is 21.9. The first-order valence-electron chi connectivity index (χ1n) is 12.3. The van der Waals surface area contributed by atoms with E-state index in [0.29, 0.717) is 41.5 Å². The molecule has 0 atom stereocenters. The van der Waals surface area contributed by atoms with Crippen LogP contribution >= 0.6 is 0 Å². The number of nitrogens with one attached hydrogen (secondary N) is 1. The number of para-hydroxylation sites is 3. The molecule has 37 heavy (non-hydrogen) atoms. The molecule has 0 heterocycles. The van der Waals surface area contributed by atoms with Gasteiger partial charge in [0.15, 0.2) is 17.2 Å². The van der Waals surface area contributed by atoms with Crippen LogP contribution in [0, 0.1) is 0 Å². The Hall–Kier alpha value is -3.56. The predicted octanol–water partition coefficient (Wildman–Crippen LogP) is 5.46. The van der Waals surface area contributed by atoms with Gasteiger partial charge in [0.05, 0.1) is 31.3 Å². The summed E-state index contributed by atoms with van der Waals surface area (Å²) in [6, 6.07) is 20.5. The molecular weight excluding hydrogens is 492 g/mol. The van der Waals surface area contributed by atoms with Gasteiger partial charge in [-0.1, -0.05) is 49.6 Å². The second-order valence-corrected chi connectivity index (χ2v) is 10.7.